The monoisotopic (exact) mass is 362 g/mol. The maximum atomic E-state index is 12.3. The third-order valence-corrected chi connectivity index (χ3v) is 5.36. The minimum atomic E-state index is -0.504. The number of methoxy groups -OCH3 is 1. The molecule has 2 heterocycles. The Hall–Kier alpha value is -2.32. The lowest BCUT2D eigenvalue weighted by Gasteiger charge is -2.28. The molecule has 124 valence electrons. The summed E-state index contributed by atoms with van der Waals surface area (Å²) in [4.78, 5) is 38.9. The van der Waals surface area contributed by atoms with Crippen molar-refractivity contribution in [3.05, 3.63) is 40.6 Å². The van der Waals surface area contributed by atoms with Crippen molar-refractivity contribution in [2.24, 2.45) is 0 Å². The molecule has 0 fully saturated rings. The molecule has 0 unspecified atom stereocenters. The van der Waals surface area contributed by atoms with E-state index >= 15 is 0 Å². The van der Waals surface area contributed by atoms with Crippen molar-refractivity contribution in [3.63, 3.8) is 0 Å². The van der Waals surface area contributed by atoms with E-state index in [1.165, 1.54) is 35.1 Å². The first-order chi connectivity index (χ1) is 11.6. The highest BCUT2D eigenvalue weighted by Gasteiger charge is 2.26. The first kappa shape index (κ1) is 16.5. The number of hydrogen-bond acceptors (Lipinski definition) is 6. The Bertz CT molecular complexity index is 803. The number of nitrogens with zero attached hydrogens (tertiary/aromatic N) is 1. The standard InChI is InChI=1S/C16H14N2O4S2/c1-22-16(21)15-10(6-7-23-15)17-13(19)8-18-11-4-2-3-5-12(11)24-9-14(18)20/h2-7H,8-9H2,1H3,(H,17,19). The van der Waals surface area contributed by atoms with Gasteiger partial charge in [-0.15, -0.1) is 23.1 Å². The second-order valence-corrected chi connectivity index (χ2v) is 6.87. The average molecular weight is 362 g/mol. The molecule has 0 saturated heterocycles. The van der Waals surface area contributed by atoms with Gasteiger partial charge in [0.25, 0.3) is 0 Å². The fraction of sp³-hybridized carbons (Fsp3) is 0.188. The fourth-order valence-electron chi connectivity index (χ4n) is 2.32. The highest BCUT2D eigenvalue weighted by Crippen LogP contribution is 2.34. The zero-order chi connectivity index (χ0) is 17.1. The van der Waals surface area contributed by atoms with Gasteiger partial charge in [0.1, 0.15) is 11.4 Å². The zero-order valence-corrected chi connectivity index (χ0v) is 14.4. The number of fused-ring (bicyclic) bond motifs is 1. The summed E-state index contributed by atoms with van der Waals surface area (Å²) in [5.41, 5.74) is 1.12. The normalized spacial score (nSPS) is 13.4. The maximum Gasteiger partial charge on any atom is 0.350 e. The van der Waals surface area contributed by atoms with E-state index < -0.39 is 5.97 Å². The van der Waals surface area contributed by atoms with Crippen LogP contribution >= 0.6 is 23.1 Å². The minimum Gasteiger partial charge on any atom is -0.465 e. The van der Waals surface area contributed by atoms with Crippen LogP contribution in [0, 0.1) is 0 Å². The van der Waals surface area contributed by atoms with Gasteiger partial charge in [-0.2, -0.15) is 0 Å². The van der Waals surface area contributed by atoms with E-state index in [2.05, 4.69) is 10.1 Å². The van der Waals surface area contributed by atoms with Gasteiger partial charge in [-0.25, -0.2) is 4.79 Å². The van der Waals surface area contributed by atoms with Gasteiger partial charge < -0.3 is 15.0 Å². The second kappa shape index (κ2) is 7.06. The Kier molecular flexibility index (Phi) is 4.86. The van der Waals surface area contributed by atoms with E-state index in [1.807, 2.05) is 24.3 Å². The Balaban J connectivity index is 1.75. The summed E-state index contributed by atoms with van der Waals surface area (Å²) in [6, 6.07) is 9.10. The number of hydrogen-bond donors (Lipinski definition) is 1. The molecule has 0 spiro atoms. The number of esters is 1. The average Bonchev–Trinajstić information content (AvgIpc) is 3.04. The Morgan fingerprint density at radius 1 is 1.29 bits per heavy atom. The van der Waals surface area contributed by atoms with Gasteiger partial charge in [0.2, 0.25) is 11.8 Å². The van der Waals surface area contributed by atoms with Crippen molar-refractivity contribution in [2.75, 3.05) is 29.6 Å². The van der Waals surface area contributed by atoms with E-state index in [9.17, 15) is 14.4 Å². The molecule has 2 amide bonds. The first-order valence-corrected chi connectivity index (χ1v) is 8.94. The van der Waals surface area contributed by atoms with Crippen LogP contribution in [0.5, 0.6) is 0 Å². The highest BCUT2D eigenvalue weighted by atomic mass is 32.2. The van der Waals surface area contributed by atoms with Crippen LogP contribution < -0.4 is 10.2 Å². The Labute approximate surface area is 146 Å². The molecule has 1 aromatic carbocycles. The summed E-state index contributed by atoms with van der Waals surface area (Å²) in [6.45, 7) is -0.104. The molecular formula is C16H14N2O4S2. The quantitative estimate of drug-likeness (QED) is 0.846. The van der Waals surface area contributed by atoms with Gasteiger partial charge in [-0.3, -0.25) is 9.59 Å². The molecule has 24 heavy (non-hydrogen) atoms. The molecule has 2 aromatic rings. The van der Waals surface area contributed by atoms with Crippen LogP contribution in [0.2, 0.25) is 0 Å². The van der Waals surface area contributed by atoms with E-state index in [-0.39, 0.29) is 18.4 Å². The summed E-state index contributed by atoms with van der Waals surface area (Å²) in [5.74, 6) is -0.687. The Morgan fingerprint density at radius 3 is 2.88 bits per heavy atom. The van der Waals surface area contributed by atoms with E-state index in [0.29, 0.717) is 16.3 Å². The summed E-state index contributed by atoms with van der Waals surface area (Å²) >= 11 is 2.65. The molecule has 1 aromatic heterocycles. The lowest BCUT2D eigenvalue weighted by atomic mass is 10.2. The number of anilines is 2. The number of nitrogens with one attached hydrogen (secondary N) is 1. The minimum absolute atomic E-state index is 0.104. The van der Waals surface area contributed by atoms with Crippen LogP contribution in [0.15, 0.2) is 40.6 Å². The summed E-state index contributed by atoms with van der Waals surface area (Å²) < 4.78 is 4.68. The number of thioether (sulfide) groups is 1. The first-order valence-electron chi connectivity index (χ1n) is 7.08. The van der Waals surface area contributed by atoms with Crippen molar-refractivity contribution >= 4 is 52.3 Å². The molecule has 0 bridgehead atoms. The smallest absolute Gasteiger partial charge is 0.350 e. The SMILES string of the molecule is COC(=O)c1sccc1NC(=O)CN1C(=O)CSc2ccccc21. The number of benzene rings is 1. The van der Waals surface area contributed by atoms with Crippen molar-refractivity contribution < 1.29 is 19.1 Å². The summed E-state index contributed by atoms with van der Waals surface area (Å²) in [7, 11) is 1.29. The largest absolute Gasteiger partial charge is 0.465 e. The van der Waals surface area contributed by atoms with Crippen LogP contribution in [-0.2, 0) is 14.3 Å². The second-order valence-electron chi connectivity index (χ2n) is 4.94. The maximum absolute atomic E-state index is 12.3. The van der Waals surface area contributed by atoms with E-state index in [0.717, 1.165) is 10.6 Å². The third-order valence-electron chi connectivity index (χ3n) is 3.42. The van der Waals surface area contributed by atoms with Crippen molar-refractivity contribution in [1.29, 1.82) is 0 Å². The molecule has 1 aliphatic rings. The van der Waals surface area contributed by atoms with Crippen molar-refractivity contribution in [2.45, 2.75) is 4.90 Å². The van der Waals surface area contributed by atoms with Gasteiger partial charge >= 0.3 is 5.97 Å². The molecular weight excluding hydrogens is 348 g/mol. The topological polar surface area (TPSA) is 75.7 Å². The number of amides is 2. The number of rotatable bonds is 4. The number of para-hydroxylation sites is 1. The molecule has 1 N–H and O–H groups in total. The molecule has 0 radical (unpaired) electrons. The number of ether oxygens (including phenoxy) is 1. The van der Waals surface area contributed by atoms with Gasteiger partial charge in [-0.1, -0.05) is 12.1 Å². The lowest BCUT2D eigenvalue weighted by molar-refractivity contribution is -0.120. The Morgan fingerprint density at radius 2 is 2.08 bits per heavy atom. The van der Waals surface area contributed by atoms with Crippen LogP contribution in [0.1, 0.15) is 9.67 Å². The molecule has 0 saturated carbocycles. The fourth-order valence-corrected chi connectivity index (χ4v) is 4.02. The van der Waals surface area contributed by atoms with Crippen LogP contribution in [-0.4, -0.2) is 37.2 Å². The highest BCUT2D eigenvalue weighted by molar-refractivity contribution is 8.00. The van der Waals surface area contributed by atoms with Crippen molar-refractivity contribution in [1.82, 2.24) is 0 Å². The molecule has 0 aliphatic carbocycles. The molecule has 3 rings (SSSR count). The zero-order valence-electron chi connectivity index (χ0n) is 12.8. The van der Waals surface area contributed by atoms with E-state index in [1.54, 1.807) is 11.4 Å². The molecule has 0 atom stereocenters. The van der Waals surface area contributed by atoms with Crippen LogP contribution in [0.3, 0.4) is 0 Å². The summed E-state index contributed by atoms with van der Waals surface area (Å²) in [5, 5.41) is 4.37. The molecule has 1 aliphatic heterocycles. The number of carbonyl (C=O) groups is 3. The van der Waals surface area contributed by atoms with Crippen LogP contribution in [0.25, 0.3) is 0 Å². The lowest BCUT2D eigenvalue weighted by Crippen LogP contribution is -2.41. The molecule has 8 heteroatoms. The summed E-state index contributed by atoms with van der Waals surface area (Å²) in [6.07, 6.45) is 0. The molecule has 6 nitrogen and oxygen atoms in total. The third kappa shape index (κ3) is 3.29. The van der Waals surface area contributed by atoms with Crippen molar-refractivity contribution in [3.8, 4) is 0 Å². The van der Waals surface area contributed by atoms with Gasteiger partial charge in [0.15, 0.2) is 0 Å². The number of thiophene rings is 1. The van der Waals surface area contributed by atoms with Gasteiger partial charge in [0.05, 0.1) is 24.2 Å². The van der Waals surface area contributed by atoms with Crippen LogP contribution in [0.4, 0.5) is 11.4 Å². The van der Waals surface area contributed by atoms with E-state index in [4.69, 9.17) is 0 Å². The number of carbonyl (C=O) groups excluding carboxylic acids is 3. The predicted octanol–water partition coefficient (Wildman–Crippen LogP) is 2.61. The predicted molar refractivity (Wildman–Crippen MR) is 93.8 cm³/mol. The van der Waals surface area contributed by atoms with Gasteiger partial charge in [0, 0.05) is 4.90 Å². The van der Waals surface area contributed by atoms with Gasteiger partial charge in [-0.05, 0) is 23.6 Å².